The van der Waals surface area contributed by atoms with Gasteiger partial charge in [0.05, 0.1) is 4.83 Å². The van der Waals surface area contributed by atoms with Crippen molar-refractivity contribution in [2.24, 2.45) is 0 Å². The first-order valence-electron chi connectivity index (χ1n) is 2.95. The minimum absolute atomic E-state index is 0.234. The molecule has 0 aromatic carbocycles. The normalized spacial score (nSPS) is 12.5. The highest BCUT2D eigenvalue weighted by Gasteiger charge is 2.04. The number of aromatic nitrogens is 1. The molecule has 1 unspecified atom stereocenters. The molecule has 0 saturated carbocycles. The molecule has 0 aliphatic rings. The number of carbonyl (C=O) groups excluding carboxylic acids is 1. The number of rotatable bonds is 2. The third-order valence-electron chi connectivity index (χ3n) is 1.19. The first-order chi connectivity index (χ1) is 5.24. The predicted molar refractivity (Wildman–Crippen MR) is 49.7 cm³/mol. The van der Waals surface area contributed by atoms with Crippen LogP contribution in [0.4, 0.5) is 0 Å². The lowest BCUT2D eigenvalue weighted by Gasteiger charge is -2.00. The summed E-state index contributed by atoms with van der Waals surface area (Å²) < 4.78 is 0.737. The number of carbonyl (C=O) groups is 1. The molecule has 0 amide bonds. The second-order valence-electron chi connectivity index (χ2n) is 1.95. The summed E-state index contributed by atoms with van der Waals surface area (Å²) in [6.45, 7) is 0. The van der Waals surface area contributed by atoms with Gasteiger partial charge < -0.3 is 4.79 Å². The van der Waals surface area contributed by atoms with Gasteiger partial charge >= 0.3 is 0 Å². The number of aldehydes is 1. The molecule has 11 heavy (non-hydrogen) atoms. The number of hydrogen-bond donors (Lipinski definition) is 0. The van der Waals surface area contributed by atoms with E-state index in [4.69, 9.17) is 0 Å². The van der Waals surface area contributed by atoms with E-state index in [0.29, 0.717) is 0 Å². The highest BCUT2D eigenvalue weighted by Crippen LogP contribution is 2.21. The Balaban J connectivity index is 2.95. The third-order valence-corrected chi connectivity index (χ3v) is 2.37. The summed E-state index contributed by atoms with van der Waals surface area (Å²) in [4.78, 5) is 14.0. The molecule has 1 atom stereocenters. The van der Waals surface area contributed by atoms with Crippen molar-refractivity contribution in [3.05, 3.63) is 28.5 Å². The molecule has 0 bridgehead atoms. The lowest BCUT2D eigenvalue weighted by molar-refractivity contribution is -0.107. The quantitative estimate of drug-likeness (QED) is 0.473. The van der Waals surface area contributed by atoms with Gasteiger partial charge in [0.1, 0.15) is 10.9 Å². The molecule has 4 heteroatoms. The van der Waals surface area contributed by atoms with Crippen LogP contribution in [-0.4, -0.2) is 11.3 Å². The van der Waals surface area contributed by atoms with Crippen molar-refractivity contribution in [3.8, 4) is 0 Å². The van der Waals surface area contributed by atoms with Crippen LogP contribution in [0.25, 0.3) is 0 Å². The predicted octanol–water partition coefficient (Wildman–Crippen LogP) is 2.48. The molecule has 0 saturated heterocycles. The van der Waals surface area contributed by atoms with E-state index in [1.807, 2.05) is 0 Å². The Bertz CT molecular complexity index is 264. The fourth-order valence-electron chi connectivity index (χ4n) is 0.668. The maximum atomic E-state index is 10.3. The van der Waals surface area contributed by atoms with Gasteiger partial charge in [-0.1, -0.05) is 15.9 Å². The summed E-state index contributed by atoms with van der Waals surface area (Å²) in [6.07, 6.45) is 2.49. The Morgan fingerprint density at radius 2 is 2.36 bits per heavy atom. The molecule has 0 spiro atoms. The van der Waals surface area contributed by atoms with Crippen LogP contribution < -0.4 is 0 Å². The molecule has 1 aromatic rings. The number of halogens is 2. The SMILES string of the molecule is O=CC(Br)c1ccnc(Br)c1. The lowest BCUT2D eigenvalue weighted by atomic mass is 10.2. The smallest absolute Gasteiger partial charge is 0.138 e. The van der Waals surface area contributed by atoms with Gasteiger partial charge in [-0.15, -0.1) is 0 Å². The van der Waals surface area contributed by atoms with Crippen molar-refractivity contribution in [1.82, 2.24) is 4.98 Å². The van der Waals surface area contributed by atoms with Crippen LogP contribution in [0, 0.1) is 0 Å². The fraction of sp³-hybridized carbons (Fsp3) is 0.143. The zero-order valence-corrected chi connectivity index (χ0v) is 8.67. The van der Waals surface area contributed by atoms with Crippen LogP contribution in [0.5, 0.6) is 0 Å². The van der Waals surface area contributed by atoms with Gasteiger partial charge in [0.2, 0.25) is 0 Å². The molecule has 1 heterocycles. The molecular weight excluding hydrogens is 274 g/mol. The molecule has 2 nitrogen and oxygen atoms in total. The van der Waals surface area contributed by atoms with Crippen LogP contribution in [0.1, 0.15) is 10.4 Å². The molecule has 0 radical (unpaired) electrons. The molecule has 0 fully saturated rings. The summed E-state index contributed by atoms with van der Waals surface area (Å²) in [5, 5.41) is 0. The number of alkyl halides is 1. The van der Waals surface area contributed by atoms with Crippen molar-refractivity contribution in [2.45, 2.75) is 4.83 Å². The largest absolute Gasteiger partial charge is 0.302 e. The average molecular weight is 279 g/mol. The monoisotopic (exact) mass is 277 g/mol. The van der Waals surface area contributed by atoms with Crippen LogP contribution in [0.15, 0.2) is 22.9 Å². The highest BCUT2D eigenvalue weighted by atomic mass is 79.9. The molecule has 1 aromatic heterocycles. The van der Waals surface area contributed by atoms with Crippen LogP contribution in [0.3, 0.4) is 0 Å². The van der Waals surface area contributed by atoms with E-state index in [1.165, 1.54) is 0 Å². The first-order valence-corrected chi connectivity index (χ1v) is 4.65. The first kappa shape index (κ1) is 8.87. The van der Waals surface area contributed by atoms with E-state index in [1.54, 1.807) is 18.3 Å². The minimum atomic E-state index is -0.234. The molecule has 0 aliphatic heterocycles. The lowest BCUT2D eigenvalue weighted by Crippen LogP contribution is -1.90. The molecule has 1 rings (SSSR count). The van der Waals surface area contributed by atoms with Gasteiger partial charge in [-0.2, -0.15) is 0 Å². The standard InChI is InChI=1S/C7H5Br2NO/c8-6(4-11)5-1-2-10-7(9)3-5/h1-4,6H. The second kappa shape index (κ2) is 3.97. The van der Waals surface area contributed by atoms with Gasteiger partial charge in [-0.05, 0) is 33.6 Å². The average Bonchev–Trinajstić information content (AvgIpc) is 2.03. The fourth-order valence-corrected chi connectivity index (χ4v) is 1.33. The summed E-state index contributed by atoms with van der Waals surface area (Å²) in [5.41, 5.74) is 0.905. The van der Waals surface area contributed by atoms with Gasteiger partial charge in [-0.3, -0.25) is 0 Å². The molecule has 0 aliphatic carbocycles. The second-order valence-corrected chi connectivity index (χ2v) is 3.75. The molecule has 58 valence electrons. The topological polar surface area (TPSA) is 30.0 Å². The van der Waals surface area contributed by atoms with E-state index in [9.17, 15) is 4.79 Å². The van der Waals surface area contributed by atoms with E-state index in [-0.39, 0.29) is 4.83 Å². The van der Waals surface area contributed by atoms with E-state index in [0.717, 1.165) is 16.5 Å². The summed E-state index contributed by atoms with van der Waals surface area (Å²) in [6, 6.07) is 3.59. The van der Waals surface area contributed by atoms with Gasteiger partial charge in [0, 0.05) is 6.20 Å². The Kier molecular flexibility index (Phi) is 3.20. The van der Waals surface area contributed by atoms with Gasteiger partial charge in [0.25, 0.3) is 0 Å². The summed E-state index contributed by atoms with van der Waals surface area (Å²) in [5.74, 6) is 0. The van der Waals surface area contributed by atoms with Crippen molar-refractivity contribution in [3.63, 3.8) is 0 Å². The zero-order valence-electron chi connectivity index (χ0n) is 5.50. The van der Waals surface area contributed by atoms with Crippen LogP contribution in [0.2, 0.25) is 0 Å². The summed E-state index contributed by atoms with van der Waals surface area (Å²) in [7, 11) is 0. The van der Waals surface area contributed by atoms with E-state index < -0.39 is 0 Å². The number of pyridine rings is 1. The molecule has 0 N–H and O–H groups in total. The van der Waals surface area contributed by atoms with Crippen LogP contribution >= 0.6 is 31.9 Å². The van der Waals surface area contributed by atoms with Crippen molar-refractivity contribution < 1.29 is 4.79 Å². The van der Waals surface area contributed by atoms with Gasteiger partial charge in [0.15, 0.2) is 0 Å². The maximum Gasteiger partial charge on any atom is 0.138 e. The van der Waals surface area contributed by atoms with Crippen molar-refractivity contribution in [2.75, 3.05) is 0 Å². The number of hydrogen-bond acceptors (Lipinski definition) is 2. The maximum absolute atomic E-state index is 10.3. The Morgan fingerprint density at radius 3 is 2.91 bits per heavy atom. The zero-order chi connectivity index (χ0) is 8.27. The molecular formula is C7H5Br2NO. The number of nitrogens with zero attached hydrogens (tertiary/aromatic N) is 1. The van der Waals surface area contributed by atoms with E-state index in [2.05, 4.69) is 36.8 Å². The Hall–Kier alpha value is -0.220. The highest BCUT2D eigenvalue weighted by molar-refractivity contribution is 9.10. The third kappa shape index (κ3) is 2.38. The van der Waals surface area contributed by atoms with Crippen molar-refractivity contribution in [1.29, 1.82) is 0 Å². The van der Waals surface area contributed by atoms with Crippen molar-refractivity contribution >= 4 is 38.1 Å². The summed E-state index contributed by atoms with van der Waals surface area (Å²) >= 11 is 6.41. The van der Waals surface area contributed by atoms with Gasteiger partial charge in [-0.25, -0.2) is 4.98 Å². The Labute approximate surface area is 81.3 Å². The minimum Gasteiger partial charge on any atom is -0.302 e. The van der Waals surface area contributed by atoms with E-state index >= 15 is 0 Å². The van der Waals surface area contributed by atoms with Crippen LogP contribution in [-0.2, 0) is 4.79 Å². The Morgan fingerprint density at radius 1 is 1.64 bits per heavy atom.